The van der Waals surface area contributed by atoms with Gasteiger partial charge in [-0.05, 0) is 45.2 Å². The van der Waals surface area contributed by atoms with Gasteiger partial charge in [-0.2, -0.15) is 4.98 Å². The Morgan fingerprint density at radius 1 is 1.15 bits per heavy atom. The van der Waals surface area contributed by atoms with Crippen LogP contribution in [0.25, 0.3) is 11.5 Å². The molecule has 144 valence electrons. The van der Waals surface area contributed by atoms with Gasteiger partial charge < -0.3 is 14.8 Å². The molecule has 0 radical (unpaired) electrons. The summed E-state index contributed by atoms with van der Waals surface area (Å²) in [6.45, 7) is 6.44. The fourth-order valence-corrected chi connectivity index (χ4v) is 4.23. The van der Waals surface area contributed by atoms with Crippen molar-refractivity contribution < 1.29 is 4.52 Å². The number of rotatable bonds is 4. The van der Waals surface area contributed by atoms with Crippen LogP contribution >= 0.6 is 12.4 Å². The van der Waals surface area contributed by atoms with Crippen LogP contribution in [-0.2, 0) is 5.54 Å². The summed E-state index contributed by atoms with van der Waals surface area (Å²) in [5, 5.41) is 4.21. The number of nitrogens with zero attached hydrogens (tertiary/aromatic N) is 3. The van der Waals surface area contributed by atoms with Gasteiger partial charge >= 0.3 is 0 Å². The predicted octanol–water partition coefficient (Wildman–Crippen LogP) is 4.91. The van der Waals surface area contributed by atoms with E-state index >= 15 is 0 Å². The zero-order valence-corrected chi connectivity index (χ0v) is 16.9. The van der Waals surface area contributed by atoms with Crippen molar-refractivity contribution in [2.75, 3.05) is 0 Å². The second-order valence-corrected chi connectivity index (χ2v) is 7.53. The van der Waals surface area contributed by atoms with E-state index in [2.05, 4.69) is 65.8 Å². The maximum absolute atomic E-state index is 6.48. The van der Waals surface area contributed by atoms with Crippen molar-refractivity contribution >= 4 is 12.4 Å². The molecule has 2 heterocycles. The second kappa shape index (κ2) is 7.49. The maximum Gasteiger partial charge on any atom is 0.259 e. The van der Waals surface area contributed by atoms with E-state index in [9.17, 15) is 0 Å². The van der Waals surface area contributed by atoms with E-state index in [4.69, 9.17) is 10.3 Å². The lowest BCUT2D eigenvalue weighted by atomic mass is 9.99. The van der Waals surface area contributed by atoms with Gasteiger partial charge in [-0.1, -0.05) is 48.3 Å². The highest BCUT2D eigenvalue weighted by atomic mass is 35.5. The smallest absolute Gasteiger partial charge is 0.259 e. The van der Waals surface area contributed by atoms with Crippen LogP contribution in [0.2, 0.25) is 0 Å². The number of hydrogen-bond donors (Lipinski definition) is 1. The molecule has 0 aliphatic heterocycles. The van der Waals surface area contributed by atoms with Gasteiger partial charge in [0.15, 0.2) is 5.82 Å². The van der Waals surface area contributed by atoms with E-state index in [0.717, 1.165) is 36.9 Å². The van der Waals surface area contributed by atoms with E-state index < -0.39 is 5.54 Å². The van der Waals surface area contributed by atoms with Crippen LogP contribution in [0.5, 0.6) is 0 Å². The Morgan fingerprint density at radius 2 is 1.81 bits per heavy atom. The predicted molar refractivity (Wildman–Crippen MR) is 109 cm³/mol. The topological polar surface area (TPSA) is 69.9 Å². The van der Waals surface area contributed by atoms with E-state index in [0.29, 0.717) is 11.7 Å². The zero-order chi connectivity index (χ0) is 18.3. The Morgan fingerprint density at radius 3 is 2.48 bits per heavy atom. The molecule has 1 unspecified atom stereocenters. The molecule has 1 aliphatic carbocycles. The van der Waals surface area contributed by atoms with Gasteiger partial charge in [0.1, 0.15) is 0 Å². The molecule has 1 fully saturated rings. The monoisotopic (exact) mass is 386 g/mol. The molecule has 2 N–H and O–H groups in total. The Kier molecular flexibility index (Phi) is 5.45. The van der Waals surface area contributed by atoms with Crippen molar-refractivity contribution in [2.24, 2.45) is 5.73 Å². The van der Waals surface area contributed by atoms with Crippen molar-refractivity contribution in [1.82, 2.24) is 14.7 Å². The van der Waals surface area contributed by atoms with Crippen LogP contribution in [0.15, 0.2) is 40.9 Å². The number of aromatic nitrogens is 3. The lowest BCUT2D eigenvalue weighted by molar-refractivity contribution is 0.372. The van der Waals surface area contributed by atoms with Crippen LogP contribution in [0.4, 0.5) is 0 Å². The summed E-state index contributed by atoms with van der Waals surface area (Å²) >= 11 is 0. The van der Waals surface area contributed by atoms with Crippen molar-refractivity contribution in [1.29, 1.82) is 0 Å². The summed E-state index contributed by atoms with van der Waals surface area (Å²) in [6, 6.07) is 12.9. The van der Waals surface area contributed by atoms with Gasteiger partial charge in [-0.25, -0.2) is 0 Å². The zero-order valence-electron chi connectivity index (χ0n) is 16.1. The Labute approximate surface area is 166 Å². The second-order valence-electron chi connectivity index (χ2n) is 7.53. The number of halogens is 1. The molecule has 0 bridgehead atoms. The van der Waals surface area contributed by atoms with Crippen LogP contribution in [0.1, 0.15) is 61.4 Å². The van der Waals surface area contributed by atoms with E-state index in [-0.39, 0.29) is 18.4 Å². The first kappa shape index (κ1) is 19.6. The van der Waals surface area contributed by atoms with E-state index in [1.54, 1.807) is 0 Å². The molecule has 4 rings (SSSR count). The third-order valence-electron chi connectivity index (χ3n) is 5.75. The molecule has 0 saturated heterocycles. The summed E-state index contributed by atoms with van der Waals surface area (Å²) in [6.07, 6.45) is 4.11. The summed E-state index contributed by atoms with van der Waals surface area (Å²) in [5.74, 6) is 1.21. The molecular weight excluding hydrogens is 360 g/mol. The van der Waals surface area contributed by atoms with Gasteiger partial charge in [-0.3, -0.25) is 0 Å². The molecule has 1 saturated carbocycles. The molecule has 2 aromatic heterocycles. The summed E-state index contributed by atoms with van der Waals surface area (Å²) in [5.41, 5.74) is 10.6. The first-order valence-corrected chi connectivity index (χ1v) is 9.36. The minimum Gasteiger partial charge on any atom is -0.341 e. The van der Waals surface area contributed by atoms with Crippen LogP contribution in [0.3, 0.4) is 0 Å². The minimum absolute atomic E-state index is 0. The average molecular weight is 387 g/mol. The first-order chi connectivity index (χ1) is 12.5. The number of benzene rings is 1. The van der Waals surface area contributed by atoms with Crippen LogP contribution in [-0.4, -0.2) is 14.7 Å². The molecule has 1 aromatic carbocycles. The van der Waals surface area contributed by atoms with Crippen LogP contribution < -0.4 is 5.73 Å². The molecule has 0 amide bonds. The Hall–Kier alpha value is -2.11. The third-order valence-corrected chi connectivity index (χ3v) is 5.75. The van der Waals surface area contributed by atoms with Gasteiger partial charge in [0, 0.05) is 11.4 Å². The Bertz CT molecular complexity index is 910. The number of nitrogens with two attached hydrogens (primary N) is 1. The highest BCUT2D eigenvalue weighted by Gasteiger charge is 2.36. The summed E-state index contributed by atoms with van der Waals surface area (Å²) in [4.78, 5) is 4.67. The quantitative estimate of drug-likeness (QED) is 0.691. The van der Waals surface area contributed by atoms with E-state index in [1.165, 1.54) is 11.3 Å². The Balaban J connectivity index is 0.00000210. The van der Waals surface area contributed by atoms with Gasteiger partial charge in [0.05, 0.1) is 17.1 Å². The average Bonchev–Trinajstić information content (AvgIpc) is 3.35. The maximum atomic E-state index is 6.48. The lowest BCUT2D eigenvalue weighted by Crippen LogP contribution is -2.34. The number of hydrogen-bond acceptors (Lipinski definition) is 4. The van der Waals surface area contributed by atoms with Crippen LogP contribution in [0, 0.1) is 13.8 Å². The van der Waals surface area contributed by atoms with Crippen molar-refractivity contribution in [3.05, 3.63) is 59.2 Å². The van der Waals surface area contributed by atoms with Crippen molar-refractivity contribution in [3.8, 4) is 11.5 Å². The minimum atomic E-state index is -0.426. The van der Waals surface area contributed by atoms with Gasteiger partial charge in [0.25, 0.3) is 5.89 Å². The SMILES string of the molecule is Cc1cc(-c2nc(C3(N)CCCC3)no2)c(C)n1C(C)c1ccccc1.Cl. The molecule has 6 heteroatoms. The molecular formula is C21H27ClN4O. The lowest BCUT2D eigenvalue weighted by Gasteiger charge is -2.19. The largest absolute Gasteiger partial charge is 0.341 e. The fourth-order valence-electron chi connectivity index (χ4n) is 4.23. The number of aryl methyl sites for hydroxylation is 1. The van der Waals surface area contributed by atoms with Gasteiger partial charge in [0.2, 0.25) is 0 Å². The normalized spacial score (nSPS) is 16.9. The molecule has 3 aromatic rings. The molecule has 1 atom stereocenters. The highest BCUT2D eigenvalue weighted by molar-refractivity contribution is 5.85. The molecule has 5 nitrogen and oxygen atoms in total. The molecule has 1 aliphatic rings. The molecule has 0 spiro atoms. The van der Waals surface area contributed by atoms with Crippen molar-refractivity contribution in [2.45, 2.75) is 58.0 Å². The summed E-state index contributed by atoms with van der Waals surface area (Å²) in [7, 11) is 0. The standard InChI is InChI=1S/C21H26N4O.ClH/c1-14-13-18(16(3)25(14)15(2)17-9-5-4-6-10-17)19-23-20(24-26-19)21(22)11-7-8-12-21;/h4-6,9-10,13,15H,7-8,11-12,22H2,1-3H3;1H. The van der Waals surface area contributed by atoms with Gasteiger partial charge in [-0.15, -0.1) is 12.4 Å². The van der Waals surface area contributed by atoms with Crippen molar-refractivity contribution in [3.63, 3.8) is 0 Å². The first-order valence-electron chi connectivity index (χ1n) is 9.36. The highest BCUT2D eigenvalue weighted by Crippen LogP contribution is 2.36. The molecule has 27 heavy (non-hydrogen) atoms. The van der Waals surface area contributed by atoms with E-state index in [1.807, 2.05) is 6.07 Å². The fraction of sp³-hybridized carbons (Fsp3) is 0.429. The third kappa shape index (κ3) is 3.42. The summed E-state index contributed by atoms with van der Waals surface area (Å²) < 4.78 is 7.93.